The van der Waals surface area contributed by atoms with Gasteiger partial charge in [0.15, 0.2) is 6.61 Å². The summed E-state index contributed by atoms with van der Waals surface area (Å²) >= 11 is 9.35. The average molecular weight is 633 g/mol. The van der Waals surface area contributed by atoms with Crippen LogP contribution in [0.1, 0.15) is 41.0 Å². The van der Waals surface area contributed by atoms with Crippen LogP contribution >= 0.6 is 27.5 Å². The summed E-state index contributed by atoms with van der Waals surface area (Å²) in [6.45, 7) is 8.21. The van der Waals surface area contributed by atoms with E-state index in [1.54, 1.807) is 45.9 Å². The van der Waals surface area contributed by atoms with Gasteiger partial charge in [-0.2, -0.15) is 0 Å². The van der Waals surface area contributed by atoms with Gasteiger partial charge in [0.25, 0.3) is 21.8 Å². The molecule has 0 saturated carbocycles. The Bertz CT molecular complexity index is 1260. The highest BCUT2D eigenvalue weighted by molar-refractivity contribution is 9.10. The first-order chi connectivity index (χ1) is 17.6. The van der Waals surface area contributed by atoms with Crippen LogP contribution in [-0.4, -0.2) is 44.6 Å². The van der Waals surface area contributed by atoms with Gasteiger partial charge in [0, 0.05) is 10.2 Å². The van der Waals surface area contributed by atoms with Crippen molar-refractivity contribution in [3.8, 4) is 5.75 Å². The molecule has 10 nitrogen and oxygen atoms in total. The lowest BCUT2D eigenvalue weighted by Crippen LogP contribution is -2.52. The quantitative estimate of drug-likeness (QED) is 0.340. The third kappa shape index (κ3) is 9.80. The van der Waals surface area contributed by atoms with Crippen LogP contribution in [0.4, 0.5) is 10.5 Å². The summed E-state index contributed by atoms with van der Waals surface area (Å²) in [5.74, 6) is -1.42. The van der Waals surface area contributed by atoms with Gasteiger partial charge in [0.2, 0.25) is 0 Å². The third-order valence-corrected chi connectivity index (χ3v) is 7.26. The molecule has 3 amide bonds. The Hall–Kier alpha value is -2.83. The van der Waals surface area contributed by atoms with Gasteiger partial charge in [-0.15, -0.1) is 0 Å². The normalized spacial score (nSPS) is 13.1. The minimum Gasteiger partial charge on any atom is -0.482 e. The van der Waals surface area contributed by atoms with Crippen molar-refractivity contribution in [1.82, 2.24) is 10.0 Å². The van der Waals surface area contributed by atoms with Gasteiger partial charge in [0.1, 0.15) is 17.4 Å². The van der Waals surface area contributed by atoms with Crippen LogP contribution in [-0.2, 0) is 24.3 Å². The smallest absolute Gasteiger partial charge is 0.408 e. The minimum absolute atomic E-state index is 0.207. The topological polar surface area (TPSA) is 140 Å². The summed E-state index contributed by atoms with van der Waals surface area (Å²) in [6.07, 6.45) is -0.332. The first kappa shape index (κ1) is 31.4. The number of carbonyl (C=O) groups is 3. The Morgan fingerprint density at radius 2 is 1.71 bits per heavy atom. The molecule has 0 aliphatic heterocycles. The summed E-state index contributed by atoms with van der Waals surface area (Å²) in [4.78, 5) is 37.1. The number of hydrogen-bond acceptors (Lipinski definition) is 7. The Morgan fingerprint density at radius 1 is 1.08 bits per heavy atom. The standard InChI is InChI=1S/C25H31BrClN3O7S/c1-6-15(2)22(29-24(33)37-25(3,4)5)23(32)30-38(34,35)18-10-8-17(9-11-18)28-21(31)14-36-20-12-7-16(26)13-19(20)27/h7-13,15,22H,6,14H2,1-5H3,(H,28,31)(H,29,33)(H,30,32)/t15-,22-/m0/s1. The van der Waals surface area contributed by atoms with Crippen LogP contribution in [0.25, 0.3) is 0 Å². The van der Waals surface area contributed by atoms with Crippen molar-refractivity contribution in [3.05, 3.63) is 52.0 Å². The van der Waals surface area contributed by atoms with E-state index in [9.17, 15) is 22.8 Å². The molecule has 2 aromatic rings. The fourth-order valence-corrected chi connectivity index (χ4v) is 4.77. The fourth-order valence-electron chi connectivity index (χ4n) is 3.04. The molecule has 3 N–H and O–H groups in total. The monoisotopic (exact) mass is 631 g/mol. The van der Waals surface area contributed by atoms with Crippen LogP contribution in [0.3, 0.4) is 0 Å². The largest absolute Gasteiger partial charge is 0.482 e. The van der Waals surface area contributed by atoms with Crippen LogP contribution in [0.2, 0.25) is 5.02 Å². The van der Waals surface area contributed by atoms with E-state index in [1.165, 1.54) is 24.3 Å². The number of hydrogen-bond donors (Lipinski definition) is 3. The second-order valence-corrected chi connectivity index (χ2v) is 12.4. The zero-order valence-electron chi connectivity index (χ0n) is 21.6. The molecule has 0 spiro atoms. The second kappa shape index (κ2) is 13.3. The number of halogens is 2. The van der Waals surface area contributed by atoms with Gasteiger partial charge in [-0.1, -0.05) is 47.8 Å². The van der Waals surface area contributed by atoms with Gasteiger partial charge in [0.05, 0.1) is 9.92 Å². The Morgan fingerprint density at radius 3 is 2.26 bits per heavy atom. The van der Waals surface area contributed by atoms with Gasteiger partial charge in [-0.3, -0.25) is 9.59 Å². The van der Waals surface area contributed by atoms with Crippen molar-refractivity contribution in [3.63, 3.8) is 0 Å². The maximum Gasteiger partial charge on any atom is 0.408 e. The van der Waals surface area contributed by atoms with E-state index in [1.807, 2.05) is 11.6 Å². The molecule has 0 aliphatic rings. The molecular formula is C25H31BrClN3O7S. The lowest BCUT2D eigenvalue weighted by Gasteiger charge is -2.26. The predicted molar refractivity (Wildman–Crippen MR) is 148 cm³/mol. The molecule has 0 fully saturated rings. The van der Waals surface area contributed by atoms with E-state index in [4.69, 9.17) is 21.1 Å². The molecule has 38 heavy (non-hydrogen) atoms. The number of carbonyl (C=O) groups excluding carboxylic acids is 3. The number of sulfonamides is 1. The number of benzene rings is 2. The van der Waals surface area contributed by atoms with Crippen molar-refractivity contribution < 1.29 is 32.3 Å². The van der Waals surface area contributed by atoms with Crippen LogP contribution in [0.5, 0.6) is 5.75 Å². The highest BCUT2D eigenvalue weighted by atomic mass is 79.9. The van der Waals surface area contributed by atoms with E-state index in [0.717, 1.165) is 4.47 Å². The van der Waals surface area contributed by atoms with Crippen molar-refractivity contribution >= 4 is 61.1 Å². The van der Waals surface area contributed by atoms with E-state index >= 15 is 0 Å². The highest BCUT2D eigenvalue weighted by Crippen LogP contribution is 2.27. The Labute approximate surface area is 236 Å². The SMILES string of the molecule is CC[C@H](C)[C@H](NC(=O)OC(C)(C)C)C(=O)NS(=O)(=O)c1ccc(NC(=O)COc2ccc(Br)cc2Cl)cc1. The van der Waals surface area contributed by atoms with Crippen molar-refractivity contribution in [2.45, 2.75) is 57.6 Å². The minimum atomic E-state index is -4.26. The number of nitrogens with one attached hydrogen (secondary N) is 3. The zero-order chi connectivity index (χ0) is 28.7. The van der Waals surface area contributed by atoms with Crippen molar-refractivity contribution in [2.75, 3.05) is 11.9 Å². The third-order valence-electron chi connectivity index (χ3n) is 5.10. The van der Waals surface area contributed by atoms with Gasteiger partial charge in [-0.25, -0.2) is 17.9 Å². The number of anilines is 1. The molecule has 0 aliphatic carbocycles. The van der Waals surface area contributed by atoms with Gasteiger partial charge in [-0.05, 0) is 69.2 Å². The predicted octanol–water partition coefficient (Wildman–Crippen LogP) is 4.86. The van der Waals surface area contributed by atoms with Crippen LogP contribution in [0.15, 0.2) is 51.8 Å². The second-order valence-electron chi connectivity index (χ2n) is 9.42. The zero-order valence-corrected chi connectivity index (χ0v) is 24.8. The Balaban J connectivity index is 2.02. The van der Waals surface area contributed by atoms with Gasteiger partial charge < -0.3 is 20.1 Å². The summed E-state index contributed by atoms with van der Waals surface area (Å²) < 4.78 is 39.0. The molecule has 0 saturated heterocycles. The molecule has 0 heterocycles. The van der Waals surface area contributed by atoms with Crippen LogP contribution in [0, 0.1) is 5.92 Å². The number of amides is 3. The van der Waals surface area contributed by atoms with E-state index < -0.39 is 39.6 Å². The molecule has 13 heteroatoms. The maximum absolute atomic E-state index is 12.8. The van der Waals surface area contributed by atoms with E-state index in [-0.39, 0.29) is 17.4 Å². The molecule has 2 atom stereocenters. The van der Waals surface area contributed by atoms with Gasteiger partial charge >= 0.3 is 6.09 Å². The Kier molecular flexibility index (Phi) is 11.0. The summed E-state index contributed by atoms with van der Waals surface area (Å²) in [7, 11) is -4.26. The summed E-state index contributed by atoms with van der Waals surface area (Å²) in [5, 5.41) is 5.37. The highest BCUT2D eigenvalue weighted by Gasteiger charge is 2.31. The molecule has 2 rings (SSSR count). The summed E-state index contributed by atoms with van der Waals surface area (Å²) in [5.41, 5.74) is -0.475. The molecule has 208 valence electrons. The molecule has 0 unspecified atom stereocenters. The number of ether oxygens (including phenoxy) is 2. The van der Waals surface area contributed by atoms with Crippen molar-refractivity contribution in [2.24, 2.45) is 5.92 Å². The number of alkyl carbamates (subject to hydrolysis) is 1. The molecular weight excluding hydrogens is 602 g/mol. The maximum atomic E-state index is 12.8. The van der Waals surface area contributed by atoms with Crippen LogP contribution < -0.4 is 20.1 Å². The summed E-state index contributed by atoms with van der Waals surface area (Å²) in [6, 6.07) is 9.03. The molecule has 0 bridgehead atoms. The molecule has 0 aromatic heterocycles. The fraction of sp³-hybridized carbons (Fsp3) is 0.400. The molecule has 0 radical (unpaired) electrons. The first-order valence-electron chi connectivity index (χ1n) is 11.6. The average Bonchev–Trinajstić information content (AvgIpc) is 2.80. The van der Waals surface area contributed by atoms with E-state index in [2.05, 4.69) is 26.6 Å². The molecule has 2 aromatic carbocycles. The lowest BCUT2D eigenvalue weighted by atomic mass is 9.99. The first-order valence-corrected chi connectivity index (χ1v) is 14.3. The van der Waals surface area contributed by atoms with E-state index in [0.29, 0.717) is 22.9 Å². The number of rotatable bonds is 10. The lowest BCUT2D eigenvalue weighted by molar-refractivity contribution is -0.122. The van der Waals surface area contributed by atoms with Crippen molar-refractivity contribution in [1.29, 1.82) is 0 Å².